The number of aromatic nitrogens is 5. The highest BCUT2D eigenvalue weighted by Gasteiger charge is 2.13. The van der Waals surface area contributed by atoms with E-state index in [1.165, 1.54) is 6.26 Å². The van der Waals surface area contributed by atoms with Crippen molar-refractivity contribution in [2.45, 2.75) is 0 Å². The molecule has 8 heteroatoms. The number of nitrogens with two attached hydrogens (primary N) is 1. The van der Waals surface area contributed by atoms with E-state index in [2.05, 4.69) is 35.9 Å². The lowest BCUT2D eigenvalue weighted by Crippen LogP contribution is -2.06. The summed E-state index contributed by atoms with van der Waals surface area (Å²) in [5, 5.41) is 0. The average molecular weight is 307 g/mol. The van der Waals surface area contributed by atoms with Crippen molar-refractivity contribution in [2.75, 3.05) is 5.73 Å². The molecule has 0 aliphatic rings. The van der Waals surface area contributed by atoms with Crippen LogP contribution in [0.3, 0.4) is 0 Å². The quantitative estimate of drug-likeness (QED) is 0.773. The Kier molecular flexibility index (Phi) is 2.56. The third kappa shape index (κ3) is 1.86. The van der Waals surface area contributed by atoms with E-state index in [1.807, 2.05) is 0 Å². The van der Waals surface area contributed by atoms with E-state index in [4.69, 9.17) is 10.2 Å². The topological polar surface area (TPSA) is 95.7 Å². The van der Waals surface area contributed by atoms with Crippen LogP contribution in [0.2, 0.25) is 0 Å². The minimum atomic E-state index is 0.118. The zero-order chi connectivity index (χ0) is 12.5. The van der Waals surface area contributed by atoms with Crippen LogP contribution in [-0.4, -0.2) is 24.5 Å². The third-order valence-corrected chi connectivity index (χ3v) is 2.82. The smallest absolute Gasteiger partial charge is 0.240 e. The molecule has 90 valence electrons. The van der Waals surface area contributed by atoms with Crippen LogP contribution >= 0.6 is 15.9 Å². The molecule has 0 unspecified atom stereocenters. The normalized spacial score (nSPS) is 10.7. The lowest BCUT2D eigenvalue weighted by Gasteiger charge is -2.03. The second-order valence-corrected chi connectivity index (χ2v) is 4.24. The fourth-order valence-corrected chi connectivity index (χ4v) is 1.81. The predicted octanol–water partition coefficient (Wildman–Crippen LogP) is 1.66. The molecule has 3 rings (SSSR count). The van der Waals surface area contributed by atoms with Gasteiger partial charge in [0.25, 0.3) is 0 Å². The van der Waals surface area contributed by atoms with Crippen LogP contribution in [0.4, 0.5) is 5.95 Å². The Morgan fingerprint density at radius 3 is 2.83 bits per heavy atom. The Bertz CT molecular complexity index is 678. The van der Waals surface area contributed by atoms with Crippen LogP contribution < -0.4 is 5.73 Å². The number of rotatable bonds is 2. The standard InChI is InChI=1S/C10H7BrN6O/c11-6-1-4-18-7(6)8-14-9(12)16-10(15-8)17-3-2-13-5-17/h1-5H,(H2,12,14,15,16). The van der Waals surface area contributed by atoms with Crippen molar-refractivity contribution in [3.63, 3.8) is 0 Å². The van der Waals surface area contributed by atoms with Crippen LogP contribution in [0.25, 0.3) is 17.5 Å². The van der Waals surface area contributed by atoms with Gasteiger partial charge in [-0.05, 0) is 22.0 Å². The minimum Gasteiger partial charge on any atom is -0.460 e. The zero-order valence-corrected chi connectivity index (χ0v) is 10.6. The molecule has 0 bridgehead atoms. The monoisotopic (exact) mass is 306 g/mol. The van der Waals surface area contributed by atoms with E-state index in [0.717, 1.165) is 4.47 Å². The van der Waals surface area contributed by atoms with Crippen LogP contribution in [0.15, 0.2) is 39.9 Å². The van der Waals surface area contributed by atoms with Crippen LogP contribution in [0.5, 0.6) is 0 Å². The van der Waals surface area contributed by atoms with Gasteiger partial charge in [-0.3, -0.25) is 4.57 Å². The molecule has 0 aliphatic carbocycles. The number of hydrogen-bond donors (Lipinski definition) is 1. The van der Waals surface area contributed by atoms with Crippen molar-refractivity contribution in [2.24, 2.45) is 0 Å². The third-order valence-electron chi connectivity index (χ3n) is 2.20. The molecule has 0 saturated carbocycles. The van der Waals surface area contributed by atoms with Gasteiger partial charge in [0, 0.05) is 12.4 Å². The number of nitrogens with zero attached hydrogens (tertiary/aromatic N) is 5. The summed E-state index contributed by atoms with van der Waals surface area (Å²) in [6.45, 7) is 0. The van der Waals surface area contributed by atoms with E-state index in [9.17, 15) is 0 Å². The second kappa shape index (κ2) is 4.22. The fourth-order valence-electron chi connectivity index (χ4n) is 1.43. The molecule has 3 heterocycles. The Labute approximate surface area is 110 Å². The van der Waals surface area contributed by atoms with Gasteiger partial charge in [-0.2, -0.15) is 15.0 Å². The second-order valence-electron chi connectivity index (χ2n) is 3.38. The van der Waals surface area contributed by atoms with Crippen LogP contribution in [0.1, 0.15) is 0 Å². The number of anilines is 1. The fraction of sp³-hybridized carbons (Fsp3) is 0. The minimum absolute atomic E-state index is 0.118. The predicted molar refractivity (Wildman–Crippen MR) is 66.8 cm³/mol. The molecule has 0 spiro atoms. The Morgan fingerprint density at radius 2 is 2.17 bits per heavy atom. The summed E-state index contributed by atoms with van der Waals surface area (Å²) in [5.74, 6) is 1.37. The molecule has 3 aromatic heterocycles. The molecule has 2 N–H and O–H groups in total. The maximum atomic E-state index is 5.67. The number of furan rings is 1. The van der Waals surface area contributed by atoms with Crippen molar-refractivity contribution < 1.29 is 4.42 Å². The van der Waals surface area contributed by atoms with Gasteiger partial charge in [0.1, 0.15) is 6.33 Å². The van der Waals surface area contributed by atoms with E-state index in [-0.39, 0.29) is 5.95 Å². The number of nitrogen functional groups attached to an aromatic ring is 1. The molecule has 0 fully saturated rings. The van der Waals surface area contributed by atoms with Crippen LogP contribution in [-0.2, 0) is 0 Å². The summed E-state index contributed by atoms with van der Waals surface area (Å²) < 4.78 is 7.69. The van der Waals surface area contributed by atoms with Gasteiger partial charge >= 0.3 is 0 Å². The van der Waals surface area contributed by atoms with Crippen molar-refractivity contribution >= 4 is 21.9 Å². The Hall–Kier alpha value is -2.22. The average Bonchev–Trinajstić information content (AvgIpc) is 2.98. The lowest BCUT2D eigenvalue weighted by molar-refractivity contribution is 0.575. The summed E-state index contributed by atoms with van der Waals surface area (Å²) in [4.78, 5) is 16.3. The van der Waals surface area contributed by atoms with Crippen molar-refractivity contribution in [3.05, 3.63) is 35.5 Å². The SMILES string of the molecule is Nc1nc(-c2occc2Br)nc(-n2ccnc2)n1. The number of halogens is 1. The maximum Gasteiger partial charge on any atom is 0.240 e. The maximum absolute atomic E-state index is 5.67. The van der Waals surface area contributed by atoms with Gasteiger partial charge in [0.2, 0.25) is 17.7 Å². The molecule has 0 atom stereocenters. The molecule has 0 saturated heterocycles. The molecular formula is C10H7BrN6O. The number of hydrogen-bond acceptors (Lipinski definition) is 6. The molecule has 0 aromatic carbocycles. The molecule has 0 radical (unpaired) electrons. The van der Waals surface area contributed by atoms with Gasteiger partial charge < -0.3 is 10.2 Å². The summed E-state index contributed by atoms with van der Waals surface area (Å²) in [6, 6.07) is 1.76. The Morgan fingerprint density at radius 1 is 1.28 bits per heavy atom. The largest absolute Gasteiger partial charge is 0.460 e. The Balaban J connectivity index is 2.15. The molecular weight excluding hydrogens is 300 g/mol. The van der Waals surface area contributed by atoms with E-state index < -0.39 is 0 Å². The van der Waals surface area contributed by atoms with Gasteiger partial charge in [0.15, 0.2) is 5.76 Å². The van der Waals surface area contributed by atoms with Crippen molar-refractivity contribution in [1.29, 1.82) is 0 Å². The lowest BCUT2D eigenvalue weighted by atomic mass is 10.4. The molecule has 7 nitrogen and oxygen atoms in total. The zero-order valence-electron chi connectivity index (χ0n) is 8.99. The van der Waals surface area contributed by atoms with E-state index >= 15 is 0 Å². The van der Waals surface area contributed by atoms with Crippen LogP contribution in [0, 0.1) is 0 Å². The molecule has 18 heavy (non-hydrogen) atoms. The summed E-state index contributed by atoms with van der Waals surface area (Å²) >= 11 is 3.35. The highest BCUT2D eigenvalue weighted by molar-refractivity contribution is 9.10. The van der Waals surface area contributed by atoms with Gasteiger partial charge in [-0.15, -0.1) is 0 Å². The number of imidazole rings is 1. The van der Waals surface area contributed by atoms with E-state index in [1.54, 1.807) is 29.4 Å². The first-order valence-electron chi connectivity index (χ1n) is 4.97. The molecule has 3 aromatic rings. The summed E-state index contributed by atoms with van der Waals surface area (Å²) in [7, 11) is 0. The molecule has 0 aliphatic heterocycles. The van der Waals surface area contributed by atoms with E-state index in [0.29, 0.717) is 17.5 Å². The highest BCUT2D eigenvalue weighted by Crippen LogP contribution is 2.26. The van der Waals surface area contributed by atoms with Gasteiger partial charge in [-0.1, -0.05) is 0 Å². The first-order chi connectivity index (χ1) is 8.74. The summed E-state index contributed by atoms with van der Waals surface area (Å²) in [5.41, 5.74) is 5.67. The van der Waals surface area contributed by atoms with Crippen molar-refractivity contribution in [1.82, 2.24) is 24.5 Å². The van der Waals surface area contributed by atoms with Gasteiger partial charge in [0.05, 0.1) is 10.7 Å². The molecule has 0 amide bonds. The van der Waals surface area contributed by atoms with Gasteiger partial charge in [-0.25, -0.2) is 4.98 Å². The highest BCUT2D eigenvalue weighted by atomic mass is 79.9. The summed E-state index contributed by atoms with van der Waals surface area (Å²) in [6.07, 6.45) is 6.46. The first-order valence-corrected chi connectivity index (χ1v) is 5.76. The first kappa shape index (κ1) is 10.9. The van der Waals surface area contributed by atoms with Crippen molar-refractivity contribution in [3.8, 4) is 17.5 Å².